The standard InChI is InChI=1S/C26H41N3O6/c1-7-9-10-20(21(31)16-30)28-24(33)22(17(3)8-2)29-23(32)19-13-11-18(12-14-19)15-27-25(34)35-26(4,5)6/h11-14,17,20,22,30H,7-10,15-16H2,1-6H3,(H,27,34)(H,28,33)(H,29,32)/t17-,20+,22+/m1/s1. The van der Waals surface area contributed by atoms with Gasteiger partial charge in [-0.05, 0) is 50.8 Å². The van der Waals surface area contributed by atoms with Gasteiger partial charge in [-0.1, -0.05) is 52.2 Å². The Morgan fingerprint density at radius 2 is 1.66 bits per heavy atom. The van der Waals surface area contributed by atoms with Gasteiger partial charge in [0.25, 0.3) is 5.91 Å². The van der Waals surface area contributed by atoms with Gasteiger partial charge in [0.1, 0.15) is 18.2 Å². The molecule has 0 aliphatic heterocycles. The van der Waals surface area contributed by atoms with Gasteiger partial charge < -0.3 is 25.8 Å². The van der Waals surface area contributed by atoms with Crippen LogP contribution in [0.4, 0.5) is 4.79 Å². The molecule has 0 saturated carbocycles. The maximum Gasteiger partial charge on any atom is 0.407 e. The van der Waals surface area contributed by atoms with E-state index >= 15 is 0 Å². The van der Waals surface area contributed by atoms with E-state index < -0.39 is 48.0 Å². The van der Waals surface area contributed by atoms with Gasteiger partial charge in [-0.3, -0.25) is 14.4 Å². The molecule has 0 aliphatic carbocycles. The van der Waals surface area contributed by atoms with E-state index in [-0.39, 0.29) is 12.5 Å². The van der Waals surface area contributed by atoms with Crippen molar-refractivity contribution in [2.45, 2.75) is 91.5 Å². The molecular weight excluding hydrogens is 450 g/mol. The van der Waals surface area contributed by atoms with Crippen LogP contribution in [0.2, 0.25) is 0 Å². The number of amides is 3. The lowest BCUT2D eigenvalue weighted by molar-refractivity contribution is -0.131. The summed E-state index contributed by atoms with van der Waals surface area (Å²) in [5.41, 5.74) is 0.553. The van der Waals surface area contributed by atoms with Crippen molar-refractivity contribution in [3.63, 3.8) is 0 Å². The number of rotatable bonds is 13. The van der Waals surface area contributed by atoms with Crippen LogP contribution in [0.15, 0.2) is 24.3 Å². The van der Waals surface area contributed by atoms with E-state index in [4.69, 9.17) is 4.74 Å². The van der Waals surface area contributed by atoms with Gasteiger partial charge in [-0.25, -0.2) is 4.79 Å². The molecule has 0 fully saturated rings. The molecule has 9 heteroatoms. The summed E-state index contributed by atoms with van der Waals surface area (Å²) in [6.07, 6.45) is 2.12. The molecule has 9 nitrogen and oxygen atoms in total. The van der Waals surface area contributed by atoms with Crippen LogP contribution in [0.5, 0.6) is 0 Å². The summed E-state index contributed by atoms with van der Waals surface area (Å²) in [6.45, 7) is 10.7. The normalized spacial score (nSPS) is 13.8. The number of Topliss-reactive ketones (excluding diaryl/α,β-unsaturated/α-hetero) is 1. The summed E-state index contributed by atoms with van der Waals surface area (Å²) in [4.78, 5) is 49.7. The van der Waals surface area contributed by atoms with Crippen molar-refractivity contribution in [1.29, 1.82) is 0 Å². The van der Waals surface area contributed by atoms with Crippen molar-refractivity contribution >= 4 is 23.7 Å². The first kappa shape index (κ1) is 30.1. The SMILES string of the molecule is CCCC[C@H](NC(=O)[C@@H](NC(=O)c1ccc(CNC(=O)OC(C)(C)C)cc1)[C@H](C)CC)C(=O)CO. The Morgan fingerprint density at radius 1 is 1.03 bits per heavy atom. The summed E-state index contributed by atoms with van der Waals surface area (Å²) in [5.74, 6) is -1.49. The average molecular weight is 492 g/mol. The molecule has 196 valence electrons. The molecule has 0 radical (unpaired) electrons. The Kier molecular flexibility index (Phi) is 12.4. The first-order valence-electron chi connectivity index (χ1n) is 12.2. The second kappa shape index (κ2) is 14.5. The third-order valence-corrected chi connectivity index (χ3v) is 5.54. The zero-order valence-electron chi connectivity index (χ0n) is 21.8. The minimum Gasteiger partial charge on any atom is -0.444 e. The van der Waals surface area contributed by atoms with Crippen LogP contribution < -0.4 is 16.0 Å². The van der Waals surface area contributed by atoms with Crippen LogP contribution in [0.25, 0.3) is 0 Å². The number of aliphatic hydroxyl groups excluding tert-OH is 1. The quantitative estimate of drug-likeness (QED) is 0.335. The number of nitrogens with one attached hydrogen (secondary N) is 3. The Morgan fingerprint density at radius 3 is 2.17 bits per heavy atom. The second-order valence-corrected chi connectivity index (χ2v) is 9.72. The van der Waals surface area contributed by atoms with E-state index in [1.54, 1.807) is 45.0 Å². The lowest BCUT2D eigenvalue weighted by Gasteiger charge is -2.26. The smallest absolute Gasteiger partial charge is 0.407 e. The Bertz CT molecular complexity index is 848. The van der Waals surface area contributed by atoms with Crippen molar-refractivity contribution in [3.05, 3.63) is 35.4 Å². The topological polar surface area (TPSA) is 134 Å². The molecule has 3 atom stereocenters. The van der Waals surface area contributed by atoms with Crippen LogP contribution in [0, 0.1) is 5.92 Å². The molecule has 0 bridgehead atoms. The largest absolute Gasteiger partial charge is 0.444 e. The number of ketones is 1. The average Bonchev–Trinajstić information content (AvgIpc) is 2.81. The fourth-order valence-electron chi connectivity index (χ4n) is 3.28. The number of ether oxygens (including phenoxy) is 1. The minimum atomic E-state index is -0.836. The Balaban J connectivity index is 2.83. The van der Waals surface area contributed by atoms with Crippen LogP contribution in [0.1, 0.15) is 83.1 Å². The summed E-state index contributed by atoms with van der Waals surface area (Å²) >= 11 is 0. The van der Waals surface area contributed by atoms with Crippen LogP contribution >= 0.6 is 0 Å². The number of aliphatic hydroxyl groups is 1. The molecular formula is C26H41N3O6. The van der Waals surface area contributed by atoms with E-state index in [9.17, 15) is 24.3 Å². The molecule has 1 aromatic carbocycles. The summed E-state index contributed by atoms with van der Waals surface area (Å²) < 4.78 is 5.20. The molecule has 3 amide bonds. The first-order valence-corrected chi connectivity index (χ1v) is 12.2. The molecule has 4 N–H and O–H groups in total. The zero-order valence-corrected chi connectivity index (χ0v) is 21.8. The fraction of sp³-hybridized carbons (Fsp3) is 0.615. The lowest BCUT2D eigenvalue weighted by atomic mass is 9.96. The van der Waals surface area contributed by atoms with Crippen molar-refractivity contribution in [1.82, 2.24) is 16.0 Å². The molecule has 1 rings (SSSR count). The highest BCUT2D eigenvalue weighted by atomic mass is 16.6. The number of carbonyl (C=O) groups is 4. The number of alkyl carbamates (subject to hydrolysis) is 1. The second-order valence-electron chi connectivity index (χ2n) is 9.72. The molecule has 0 aliphatic rings. The first-order chi connectivity index (χ1) is 16.4. The Labute approximate surface area is 208 Å². The van der Waals surface area contributed by atoms with Crippen molar-refractivity contribution in [2.75, 3.05) is 6.61 Å². The van der Waals surface area contributed by atoms with Gasteiger partial charge >= 0.3 is 6.09 Å². The third-order valence-electron chi connectivity index (χ3n) is 5.54. The number of carbonyl (C=O) groups excluding carboxylic acids is 4. The fourth-order valence-corrected chi connectivity index (χ4v) is 3.28. The van der Waals surface area contributed by atoms with Crippen LogP contribution in [-0.2, 0) is 20.9 Å². The van der Waals surface area contributed by atoms with Gasteiger partial charge in [0, 0.05) is 12.1 Å². The summed E-state index contributed by atoms with van der Waals surface area (Å²) in [6, 6.07) is 5.04. The monoisotopic (exact) mass is 491 g/mol. The van der Waals surface area contributed by atoms with E-state index in [2.05, 4.69) is 16.0 Å². The predicted octanol–water partition coefficient (Wildman–Crippen LogP) is 3.09. The van der Waals surface area contributed by atoms with Gasteiger partial charge in [0.2, 0.25) is 5.91 Å². The molecule has 0 unspecified atom stereocenters. The predicted molar refractivity (Wildman–Crippen MR) is 134 cm³/mol. The van der Waals surface area contributed by atoms with Crippen molar-refractivity contribution in [3.8, 4) is 0 Å². The Hall–Kier alpha value is -2.94. The third kappa shape index (κ3) is 10.9. The van der Waals surface area contributed by atoms with Crippen molar-refractivity contribution < 1.29 is 29.0 Å². The number of hydrogen-bond donors (Lipinski definition) is 4. The number of unbranched alkanes of at least 4 members (excludes halogenated alkanes) is 1. The molecule has 0 spiro atoms. The maximum atomic E-state index is 13.0. The molecule has 35 heavy (non-hydrogen) atoms. The molecule has 0 heterocycles. The van der Waals surface area contributed by atoms with Gasteiger partial charge in [0.05, 0.1) is 6.04 Å². The number of hydrogen-bond acceptors (Lipinski definition) is 6. The van der Waals surface area contributed by atoms with Gasteiger partial charge in [-0.15, -0.1) is 0 Å². The summed E-state index contributed by atoms with van der Waals surface area (Å²) in [7, 11) is 0. The van der Waals surface area contributed by atoms with Gasteiger partial charge in [-0.2, -0.15) is 0 Å². The highest BCUT2D eigenvalue weighted by molar-refractivity contribution is 5.98. The summed E-state index contributed by atoms with van der Waals surface area (Å²) in [5, 5.41) is 17.4. The highest BCUT2D eigenvalue weighted by Gasteiger charge is 2.29. The maximum absolute atomic E-state index is 13.0. The molecule has 1 aromatic rings. The highest BCUT2D eigenvalue weighted by Crippen LogP contribution is 2.12. The van der Waals surface area contributed by atoms with Crippen LogP contribution in [0.3, 0.4) is 0 Å². The zero-order chi connectivity index (χ0) is 26.6. The van der Waals surface area contributed by atoms with E-state index in [1.807, 2.05) is 20.8 Å². The lowest BCUT2D eigenvalue weighted by Crippen LogP contribution is -2.54. The van der Waals surface area contributed by atoms with E-state index in [0.29, 0.717) is 18.4 Å². The number of benzene rings is 1. The minimum absolute atomic E-state index is 0.174. The van der Waals surface area contributed by atoms with E-state index in [1.165, 1.54) is 0 Å². The van der Waals surface area contributed by atoms with Gasteiger partial charge in [0.15, 0.2) is 5.78 Å². The molecule has 0 aromatic heterocycles. The van der Waals surface area contributed by atoms with Crippen LogP contribution in [-0.4, -0.2) is 53.1 Å². The molecule has 0 saturated heterocycles. The van der Waals surface area contributed by atoms with Crippen molar-refractivity contribution in [2.24, 2.45) is 5.92 Å². The van der Waals surface area contributed by atoms with E-state index in [0.717, 1.165) is 18.4 Å².